The first-order valence-corrected chi connectivity index (χ1v) is 7.22. The van der Waals surface area contributed by atoms with Crippen molar-refractivity contribution in [3.63, 3.8) is 0 Å². The average Bonchev–Trinajstić information content (AvgIpc) is 2.41. The molecular weight excluding hydrogens is 274 g/mol. The maximum Gasteiger partial charge on any atom is 0.127 e. The quantitative estimate of drug-likeness (QED) is 0.511. The molecular formula is C14H19Cl2FO. The Morgan fingerprint density at radius 2 is 1.89 bits per heavy atom. The minimum Gasteiger partial charge on any atom is -0.382 e. The van der Waals surface area contributed by atoms with Crippen LogP contribution < -0.4 is 0 Å². The molecule has 0 saturated heterocycles. The predicted molar refractivity (Wildman–Crippen MR) is 75.2 cm³/mol. The van der Waals surface area contributed by atoms with Gasteiger partial charge in [0.05, 0.1) is 0 Å². The molecule has 1 aromatic carbocycles. The summed E-state index contributed by atoms with van der Waals surface area (Å²) in [6, 6.07) is 6.70. The highest BCUT2D eigenvalue weighted by molar-refractivity contribution is 6.22. The fourth-order valence-corrected chi connectivity index (χ4v) is 2.84. The fourth-order valence-electron chi connectivity index (χ4n) is 2.00. The van der Waals surface area contributed by atoms with E-state index in [1.54, 1.807) is 12.1 Å². The topological polar surface area (TPSA) is 9.23 Å². The third kappa shape index (κ3) is 3.84. The molecule has 0 spiro atoms. The first kappa shape index (κ1) is 15.7. The number of hydrogen-bond acceptors (Lipinski definition) is 1. The molecule has 102 valence electrons. The maximum atomic E-state index is 13.9. The van der Waals surface area contributed by atoms with Crippen molar-refractivity contribution in [3.05, 3.63) is 35.6 Å². The fraction of sp³-hybridized carbons (Fsp3) is 0.571. The zero-order valence-electron chi connectivity index (χ0n) is 10.6. The number of hydrogen-bond donors (Lipinski definition) is 0. The molecule has 0 bridgehead atoms. The van der Waals surface area contributed by atoms with Gasteiger partial charge in [0.2, 0.25) is 0 Å². The highest BCUT2D eigenvalue weighted by atomic mass is 35.5. The molecule has 0 aliphatic carbocycles. The average molecular weight is 293 g/mol. The van der Waals surface area contributed by atoms with E-state index in [0.29, 0.717) is 30.5 Å². The van der Waals surface area contributed by atoms with Crippen molar-refractivity contribution >= 4 is 23.2 Å². The van der Waals surface area contributed by atoms with Gasteiger partial charge < -0.3 is 4.74 Å². The molecule has 1 rings (SSSR count). The summed E-state index contributed by atoms with van der Waals surface area (Å²) in [7, 11) is 0. The lowest BCUT2D eigenvalue weighted by atomic mass is 9.80. The van der Waals surface area contributed by atoms with Crippen molar-refractivity contribution in [2.45, 2.75) is 25.2 Å². The van der Waals surface area contributed by atoms with E-state index >= 15 is 0 Å². The van der Waals surface area contributed by atoms with Gasteiger partial charge >= 0.3 is 0 Å². The van der Waals surface area contributed by atoms with Crippen molar-refractivity contribution < 1.29 is 9.13 Å². The number of halogens is 3. The minimum atomic E-state index is -0.508. The van der Waals surface area contributed by atoms with Gasteiger partial charge in [-0.05, 0) is 31.4 Å². The van der Waals surface area contributed by atoms with Gasteiger partial charge in [-0.2, -0.15) is 0 Å². The number of alkyl halides is 2. The zero-order chi connectivity index (χ0) is 13.4. The van der Waals surface area contributed by atoms with E-state index in [-0.39, 0.29) is 5.82 Å². The van der Waals surface area contributed by atoms with Crippen LogP contribution in [0.4, 0.5) is 4.39 Å². The first-order chi connectivity index (χ1) is 8.70. The van der Waals surface area contributed by atoms with Gasteiger partial charge in [0.1, 0.15) is 5.82 Å². The van der Waals surface area contributed by atoms with E-state index in [2.05, 4.69) is 0 Å². The molecule has 0 unspecified atom stereocenters. The van der Waals surface area contributed by atoms with E-state index in [9.17, 15) is 4.39 Å². The molecule has 0 amide bonds. The Kier molecular flexibility index (Phi) is 6.98. The normalized spacial score (nSPS) is 11.8. The lowest BCUT2D eigenvalue weighted by Gasteiger charge is -2.30. The summed E-state index contributed by atoms with van der Waals surface area (Å²) < 4.78 is 19.2. The maximum absolute atomic E-state index is 13.9. The Hall–Kier alpha value is -0.310. The molecule has 0 atom stereocenters. The van der Waals surface area contributed by atoms with Crippen molar-refractivity contribution in [2.75, 3.05) is 25.0 Å². The molecule has 0 fully saturated rings. The molecule has 4 heteroatoms. The highest BCUT2D eigenvalue weighted by Crippen LogP contribution is 2.34. The molecule has 1 aromatic rings. The van der Waals surface area contributed by atoms with Crippen LogP contribution in [0.2, 0.25) is 0 Å². The van der Waals surface area contributed by atoms with Crippen LogP contribution in [0.1, 0.15) is 25.3 Å². The van der Waals surface area contributed by atoms with Gasteiger partial charge in [-0.3, -0.25) is 0 Å². The second-order valence-electron chi connectivity index (χ2n) is 4.33. The standard InChI is InChI=1S/C14H19Cl2FO/c1-2-18-9-5-8-14(10-15,11-16)12-6-3-4-7-13(12)17/h3-4,6-7H,2,5,8-11H2,1H3. The SMILES string of the molecule is CCOCCCC(CCl)(CCl)c1ccccc1F. The van der Waals surface area contributed by atoms with Crippen LogP contribution in [0.5, 0.6) is 0 Å². The lowest BCUT2D eigenvalue weighted by molar-refractivity contribution is 0.139. The van der Waals surface area contributed by atoms with Gasteiger partial charge in [0.15, 0.2) is 0 Å². The van der Waals surface area contributed by atoms with E-state index in [1.807, 2.05) is 13.0 Å². The van der Waals surface area contributed by atoms with Crippen molar-refractivity contribution in [3.8, 4) is 0 Å². The Labute approximate surface area is 118 Å². The van der Waals surface area contributed by atoms with Crippen molar-refractivity contribution in [1.82, 2.24) is 0 Å². The Balaban J connectivity index is 2.83. The third-order valence-electron chi connectivity index (χ3n) is 3.10. The van der Waals surface area contributed by atoms with E-state index in [4.69, 9.17) is 27.9 Å². The predicted octanol–water partition coefficient (Wildman–Crippen LogP) is 4.36. The van der Waals surface area contributed by atoms with Crippen LogP contribution in [0.25, 0.3) is 0 Å². The summed E-state index contributed by atoms with van der Waals surface area (Å²) in [5, 5.41) is 0. The highest BCUT2D eigenvalue weighted by Gasteiger charge is 2.32. The van der Waals surface area contributed by atoms with Gasteiger partial charge in [0, 0.05) is 30.4 Å². The van der Waals surface area contributed by atoms with Crippen LogP contribution >= 0.6 is 23.2 Å². The van der Waals surface area contributed by atoms with Crippen LogP contribution in [0.15, 0.2) is 24.3 Å². The molecule has 18 heavy (non-hydrogen) atoms. The first-order valence-electron chi connectivity index (χ1n) is 6.15. The molecule has 0 aliphatic rings. The Morgan fingerprint density at radius 3 is 2.44 bits per heavy atom. The second-order valence-corrected chi connectivity index (χ2v) is 4.86. The number of ether oxygens (including phenoxy) is 1. The van der Waals surface area contributed by atoms with Crippen LogP contribution in [-0.2, 0) is 10.2 Å². The number of benzene rings is 1. The summed E-state index contributed by atoms with van der Waals surface area (Å²) in [6.45, 7) is 3.29. The molecule has 0 N–H and O–H groups in total. The monoisotopic (exact) mass is 292 g/mol. The molecule has 0 heterocycles. The summed E-state index contributed by atoms with van der Waals surface area (Å²) in [5.41, 5.74) is 0.0949. The van der Waals surface area contributed by atoms with Crippen LogP contribution in [0, 0.1) is 5.82 Å². The molecule has 1 nitrogen and oxygen atoms in total. The van der Waals surface area contributed by atoms with E-state index < -0.39 is 5.41 Å². The smallest absolute Gasteiger partial charge is 0.127 e. The van der Waals surface area contributed by atoms with Crippen LogP contribution in [0.3, 0.4) is 0 Å². The minimum absolute atomic E-state index is 0.241. The lowest BCUT2D eigenvalue weighted by Crippen LogP contribution is -2.32. The van der Waals surface area contributed by atoms with Crippen molar-refractivity contribution in [1.29, 1.82) is 0 Å². The summed E-state index contributed by atoms with van der Waals surface area (Å²) >= 11 is 12.1. The van der Waals surface area contributed by atoms with Gasteiger partial charge in [0.25, 0.3) is 0 Å². The number of rotatable bonds is 8. The summed E-state index contributed by atoms with van der Waals surface area (Å²) in [4.78, 5) is 0. The van der Waals surface area contributed by atoms with Gasteiger partial charge in [-0.1, -0.05) is 18.2 Å². The van der Waals surface area contributed by atoms with E-state index in [0.717, 1.165) is 12.8 Å². The Bertz CT molecular complexity index is 353. The molecule has 0 aliphatic heterocycles. The summed E-state index contributed by atoms with van der Waals surface area (Å²) in [5.74, 6) is 0.378. The van der Waals surface area contributed by atoms with Gasteiger partial charge in [-0.25, -0.2) is 4.39 Å². The Morgan fingerprint density at radius 1 is 1.22 bits per heavy atom. The zero-order valence-corrected chi connectivity index (χ0v) is 12.1. The molecule has 0 aromatic heterocycles. The largest absolute Gasteiger partial charge is 0.382 e. The second kappa shape index (κ2) is 7.98. The van der Waals surface area contributed by atoms with Gasteiger partial charge in [-0.15, -0.1) is 23.2 Å². The van der Waals surface area contributed by atoms with Crippen LogP contribution in [-0.4, -0.2) is 25.0 Å². The van der Waals surface area contributed by atoms with E-state index in [1.165, 1.54) is 6.07 Å². The third-order valence-corrected chi connectivity index (χ3v) is 4.13. The molecule has 0 radical (unpaired) electrons. The van der Waals surface area contributed by atoms with Crippen molar-refractivity contribution in [2.24, 2.45) is 0 Å². The molecule has 0 saturated carbocycles. The summed E-state index contributed by atoms with van der Waals surface area (Å²) in [6.07, 6.45) is 1.54.